The van der Waals surface area contributed by atoms with Crippen molar-refractivity contribution in [2.24, 2.45) is 0 Å². The lowest BCUT2D eigenvalue weighted by molar-refractivity contribution is -0.124. The summed E-state index contributed by atoms with van der Waals surface area (Å²) in [5.74, 6) is -0.0457. The number of amides is 1. The maximum atomic E-state index is 11.7. The average Bonchev–Trinajstić information content (AvgIpc) is 2.59. The quantitative estimate of drug-likeness (QED) is 0.444. The zero-order valence-electron chi connectivity index (χ0n) is 12.3. The van der Waals surface area contributed by atoms with Gasteiger partial charge in [0.1, 0.15) is 0 Å². The van der Waals surface area contributed by atoms with Crippen molar-refractivity contribution in [1.82, 2.24) is 5.32 Å². The van der Waals surface area contributed by atoms with E-state index in [4.69, 9.17) is 4.74 Å². The van der Waals surface area contributed by atoms with Crippen molar-refractivity contribution in [3.8, 4) is 0 Å². The van der Waals surface area contributed by atoms with Crippen LogP contribution in [0, 0.1) is 0 Å². The molecule has 4 nitrogen and oxygen atoms in total. The molecule has 0 aliphatic heterocycles. The molecule has 0 saturated carbocycles. The molecule has 0 fully saturated rings. The molecule has 2 aromatic rings. The number of hydrogen-bond acceptors (Lipinski definition) is 4. The summed E-state index contributed by atoms with van der Waals surface area (Å²) >= 11 is 5.03. The summed E-state index contributed by atoms with van der Waals surface area (Å²) in [6, 6.07) is 16.6. The molecule has 6 heteroatoms. The van der Waals surface area contributed by atoms with Gasteiger partial charge in [-0.15, -0.1) is 11.8 Å². The fourth-order valence-electron chi connectivity index (χ4n) is 1.73. The van der Waals surface area contributed by atoms with E-state index in [1.165, 1.54) is 0 Å². The minimum absolute atomic E-state index is 0.267. The molecule has 2 rings (SSSR count). The highest BCUT2D eigenvalue weighted by molar-refractivity contribution is 9.10. The Morgan fingerprint density at radius 2 is 1.74 bits per heavy atom. The van der Waals surface area contributed by atoms with Crippen LogP contribution in [0.5, 0.6) is 0 Å². The first-order chi connectivity index (χ1) is 11.1. The Morgan fingerprint density at radius 1 is 1.04 bits per heavy atom. The van der Waals surface area contributed by atoms with Gasteiger partial charge in [-0.3, -0.25) is 4.79 Å². The number of carbonyl (C=O) groups excluding carboxylic acids is 2. The van der Waals surface area contributed by atoms with E-state index in [0.717, 1.165) is 15.1 Å². The number of thioether (sulfide) groups is 1. The minimum atomic E-state index is -0.495. The zero-order chi connectivity index (χ0) is 16.5. The van der Waals surface area contributed by atoms with Crippen LogP contribution in [0.3, 0.4) is 0 Å². The van der Waals surface area contributed by atoms with Gasteiger partial charge in [-0.05, 0) is 36.4 Å². The molecule has 0 atom stereocenters. The van der Waals surface area contributed by atoms with E-state index < -0.39 is 5.97 Å². The number of benzene rings is 2. The van der Waals surface area contributed by atoms with E-state index in [1.807, 2.05) is 30.3 Å². The molecule has 0 aromatic heterocycles. The summed E-state index contributed by atoms with van der Waals surface area (Å²) in [5, 5.41) is 2.72. The molecule has 0 bridgehead atoms. The van der Waals surface area contributed by atoms with E-state index in [1.54, 1.807) is 36.0 Å². The van der Waals surface area contributed by atoms with Gasteiger partial charge in [0.25, 0.3) is 5.91 Å². The molecule has 2 aromatic carbocycles. The highest BCUT2D eigenvalue weighted by atomic mass is 79.9. The normalized spacial score (nSPS) is 10.1. The average molecular weight is 394 g/mol. The SMILES string of the molecule is O=C(COC(=O)c1ccccc1)NCCSc1ccc(Br)cc1. The van der Waals surface area contributed by atoms with Crippen LogP contribution in [0.25, 0.3) is 0 Å². The van der Waals surface area contributed by atoms with E-state index in [9.17, 15) is 9.59 Å². The predicted molar refractivity (Wildman–Crippen MR) is 94.6 cm³/mol. The molecule has 120 valence electrons. The molecular weight excluding hydrogens is 378 g/mol. The van der Waals surface area contributed by atoms with Crippen molar-refractivity contribution >= 4 is 39.6 Å². The molecule has 0 radical (unpaired) electrons. The fourth-order valence-corrected chi connectivity index (χ4v) is 2.76. The van der Waals surface area contributed by atoms with Gasteiger partial charge in [-0.2, -0.15) is 0 Å². The monoisotopic (exact) mass is 393 g/mol. The third kappa shape index (κ3) is 6.46. The number of esters is 1. The van der Waals surface area contributed by atoms with E-state index >= 15 is 0 Å². The van der Waals surface area contributed by atoms with Crippen LogP contribution in [0.2, 0.25) is 0 Å². The molecule has 0 aliphatic rings. The summed E-state index contributed by atoms with van der Waals surface area (Å²) in [6.45, 7) is 0.249. The zero-order valence-corrected chi connectivity index (χ0v) is 14.7. The van der Waals surface area contributed by atoms with Crippen molar-refractivity contribution in [3.63, 3.8) is 0 Å². The molecule has 23 heavy (non-hydrogen) atoms. The summed E-state index contributed by atoms with van der Waals surface area (Å²) in [5.41, 5.74) is 0.436. The maximum Gasteiger partial charge on any atom is 0.338 e. The Labute approximate surface area is 147 Å². The minimum Gasteiger partial charge on any atom is -0.452 e. The van der Waals surface area contributed by atoms with Crippen LogP contribution in [-0.4, -0.2) is 30.8 Å². The number of ether oxygens (including phenoxy) is 1. The molecular formula is C17H16BrNO3S. The van der Waals surface area contributed by atoms with Gasteiger partial charge < -0.3 is 10.1 Å². The molecule has 0 heterocycles. The van der Waals surface area contributed by atoms with Gasteiger partial charge in [-0.25, -0.2) is 4.79 Å². The van der Waals surface area contributed by atoms with Crippen molar-refractivity contribution in [1.29, 1.82) is 0 Å². The van der Waals surface area contributed by atoms with Crippen molar-refractivity contribution < 1.29 is 14.3 Å². The second kappa shape index (κ2) is 9.37. The maximum absolute atomic E-state index is 11.7. The highest BCUT2D eigenvalue weighted by Crippen LogP contribution is 2.19. The lowest BCUT2D eigenvalue weighted by atomic mass is 10.2. The van der Waals surface area contributed by atoms with Crippen LogP contribution in [0.15, 0.2) is 64.0 Å². The Kier molecular flexibility index (Phi) is 7.16. The van der Waals surface area contributed by atoms with Gasteiger partial charge in [0.05, 0.1) is 5.56 Å². The lowest BCUT2D eigenvalue weighted by Crippen LogP contribution is -2.30. The summed E-state index contributed by atoms with van der Waals surface area (Å²) in [7, 11) is 0. The second-order valence-electron chi connectivity index (χ2n) is 4.59. The fraction of sp³-hybridized carbons (Fsp3) is 0.176. The summed E-state index contributed by atoms with van der Waals surface area (Å²) in [4.78, 5) is 24.4. The van der Waals surface area contributed by atoms with Gasteiger partial charge in [0.15, 0.2) is 6.61 Å². The summed E-state index contributed by atoms with van der Waals surface area (Å²) < 4.78 is 5.99. The Balaban J connectivity index is 1.62. The van der Waals surface area contributed by atoms with Crippen LogP contribution in [0.1, 0.15) is 10.4 Å². The lowest BCUT2D eigenvalue weighted by Gasteiger charge is -2.06. The smallest absolute Gasteiger partial charge is 0.338 e. The summed E-state index contributed by atoms with van der Waals surface area (Å²) in [6.07, 6.45) is 0. The molecule has 0 unspecified atom stereocenters. The Morgan fingerprint density at radius 3 is 2.43 bits per heavy atom. The van der Waals surface area contributed by atoms with Crippen molar-refractivity contribution in [3.05, 3.63) is 64.6 Å². The van der Waals surface area contributed by atoms with Gasteiger partial charge >= 0.3 is 5.97 Å². The molecule has 0 spiro atoms. The van der Waals surface area contributed by atoms with Gasteiger partial charge in [0.2, 0.25) is 0 Å². The molecule has 1 N–H and O–H groups in total. The molecule has 0 aliphatic carbocycles. The number of carbonyl (C=O) groups is 2. The predicted octanol–water partition coefficient (Wildman–Crippen LogP) is 3.51. The topological polar surface area (TPSA) is 55.4 Å². The second-order valence-corrected chi connectivity index (χ2v) is 6.68. The first-order valence-corrected chi connectivity index (χ1v) is 8.80. The van der Waals surface area contributed by atoms with Crippen LogP contribution < -0.4 is 5.32 Å². The van der Waals surface area contributed by atoms with E-state index in [0.29, 0.717) is 12.1 Å². The molecule has 1 amide bonds. The highest BCUT2D eigenvalue weighted by Gasteiger charge is 2.09. The number of nitrogens with one attached hydrogen (secondary N) is 1. The van der Waals surface area contributed by atoms with Crippen molar-refractivity contribution in [2.45, 2.75) is 4.90 Å². The van der Waals surface area contributed by atoms with Crippen LogP contribution in [-0.2, 0) is 9.53 Å². The largest absolute Gasteiger partial charge is 0.452 e. The van der Waals surface area contributed by atoms with Crippen LogP contribution in [0.4, 0.5) is 0 Å². The van der Waals surface area contributed by atoms with E-state index in [-0.39, 0.29) is 12.5 Å². The van der Waals surface area contributed by atoms with Crippen LogP contribution >= 0.6 is 27.7 Å². The van der Waals surface area contributed by atoms with E-state index in [2.05, 4.69) is 21.2 Å². The third-order valence-electron chi connectivity index (χ3n) is 2.85. The number of rotatable bonds is 7. The number of hydrogen-bond donors (Lipinski definition) is 1. The number of halogens is 1. The van der Waals surface area contributed by atoms with Gasteiger partial charge in [-0.1, -0.05) is 34.1 Å². The molecule has 0 saturated heterocycles. The standard InChI is InChI=1S/C17H16BrNO3S/c18-14-6-8-15(9-7-14)23-11-10-19-16(20)12-22-17(21)13-4-2-1-3-5-13/h1-9H,10-12H2,(H,19,20). The first-order valence-electron chi connectivity index (χ1n) is 7.02. The van der Waals surface area contributed by atoms with Gasteiger partial charge in [0, 0.05) is 21.7 Å². The Bertz CT molecular complexity index is 647. The van der Waals surface area contributed by atoms with Crippen molar-refractivity contribution in [2.75, 3.05) is 18.9 Å². The Hall–Kier alpha value is -1.79. The third-order valence-corrected chi connectivity index (χ3v) is 4.39. The first kappa shape index (κ1) is 17.6.